The molecule has 0 aromatic rings. The summed E-state index contributed by atoms with van der Waals surface area (Å²) in [6.45, 7) is -3.54. The molecule has 23 heavy (non-hydrogen) atoms. The minimum absolute atomic E-state index is 0. The number of carbonyl (C=O) groups is 4. The van der Waals surface area contributed by atoms with E-state index in [-0.39, 0.29) is 131 Å². The van der Waals surface area contributed by atoms with Crippen LogP contribution in [0.2, 0.25) is 0 Å². The van der Waals surface area contributed by atoms with E-state index >= 15 is 0 Å². The third-order valence-electron chi connectivity index (χ3n) is 1.88. The molecule has 0 radical (unpaired) electrons. The van der Waals surface area contributed by atoms with Crippen LogP contribution in [0.4, 0.5) is 0 Å². The third-order valence-corrected chi connectivity index (χ3v) is 1.88. The van der Waals surface area contributed by atoms with Crippen molar-refractivity contribution in [2.75, 3.05) is 26.2 Å². The number of aliphatic carboxylic acids is 4. The first-order valence-corrected chi connectivity index (χ1v) is 4.39. The van der Waals surface area contributed by atoms with E-state index in [0.717, 1.165) is 0 Å². The average molecular weight is 376 g/mol. The van der Waals surface area contributed by atoms with Gasteiger partial charge in [-0.05, 0) is 0 Å². The van der Waals surface area contributed by atoms with E-state index in [0.29, 0.717) is 0 Å². The molecule has 11 nitrogen and oxygen atoms in total. The van der Waals surface area contributed by atoms with Gasteiger partial charge in [-0.25, -0.2) is 19.2 Å². The van der Waals surface area contributed by atoms with Crippen LogP contribution in [-0.2, 0) is 19.2 Å². The Morgan fingerprint density at radius 2 is 0.652 bits per heavy atom. The molecular formula is C8H18N3Na4O8+5. The van der Waals surface area contributed by atoms with Crippen molar-refractivity contribution in [2.24, 2.45) is 0 Å². The zero-order valence-corrected chi connectivity index (χ0v) is 22.1. The van der Waals surface area contributed by atoms with Crippen LogP contribution >= 0.6 is 0 Å². The average Bonchev–Trinajstić information content (AvgIpc) is 1.95. The second-order valence-electron chi connectivity index (χ2n) is 3.55. The van der Waals surface area contributed by atoms with Gasteiger partial charge in [0.2, 0.25) is 0 Å². The standard InChI is InChI=1S/C8H11NO8.2H3N.4Na/c10-5(11)1-9(2-6(12)13,3-7(14)15)4-8(16)17;;;;;;/h1-4H2,(H3-,10,11,12,13,14,15,16,17);2*1H3;;;;/q;;;4*+1/p+1. The molecule has 0 saturated carbocycles. The van der Waals surface area contributed by atoms with Crippen LogP contribution in [0, 0.1) is 0 Å². The zero-order chi connectivity index (χ0) is 13.6. The van der Waals surface area contributed by atoms with E-state index in [9.17, 15) is 19.2 Å². The van der Waals surface area contributed by atoms with Gasteiger partial charge in [-0.1, -0.05) is 0 Å². The summed E-state index contributed by atoms with van der Waals surface area (Å²) in [4.78, 5) is 42.3. The maximum Gasteiger partial charge on any atom is 1.00 e. The first kappa shape index (κ1) is 44.3. The van der Waals surface area contributed by atoms with Crippen LogP contribution in [0.5, 0.6) is 0 Å². The van der Waals surface area contributed by atoms with E-state index < -0.39 is 54.5 Å². The van der Waals surface area contributed by atoms with Gasteiger partial charge in [-0.3, -0.25) is 4.48 Å². The Morgan fingerprint density at radius 3 is 0.739 bits per heavy atom. The summed E-state index contributed by atoms with van der Waals surface area (Å²) in [6.07, 6.45) is 0. The van der Waals surface area contributed by atoms with Crippen LogP contribution in [0.3, 0.4) is 0 Å². The molecule has 0 aliphatic carbocycles. The minimum atomic E-state index is -1.46. The Kier molecular flexibility index (Phi) is 42.0. The Morgan fingerprint density at radius 1 is 0.522 bits per heavy atom. The fourth-order valence-corrected chi connectivity index (χ4v) is 1.48. The summed E-state index contributed by atoms with van der Waals surface area (Å²) in [5, 5.41) is 34.4. The van der Waals surface area contributed by atoms with Crippen molar-refractivity contribution in [1.82, 2.24) is 12.3 Å². The second kappa shape index (κ2) is 21.8. The first-order chi connectivity index (χ1) is 7.67. The van der Waals surface area contributed by atoms with E-state index in [1.807, 2.05) is 0 Å². The maximum absolute atomic E-state index is 10.6. The van der Waals surface area contributed by atoms with Crippen LogP contribution in [0.25, 0.3) is 0 Å². The second-order valence-corrected chi connectivity index (χ2v) is 3.55. The monoisotopic (exact) mass is 376 g/mol. The Hall–Kier alpha value is 1.76. The largest absolute Gasteiger partial charge is 1.00 e. The molecule has 15 heteroatoms. The molecule has 0 amide bonds. The van der Waals surface area contributed by atoms with Gasteiger partial charge in [-0.15, -0.1) is 0 Å². The van der Waals surface area contributed by atoms with Crippen LogP contribution in [0.15, 0.2) is 0 Å². The SMILES string of the molecule is N.N.O=C(O)C[N+](CC(=O)O)(CC(=O)O)CC(=O)O.[Na+].[Na+].[Na+].[Na+]. The molecule has 0 spiro atoms. The molecule has 0 aliphatic rings. The molecule has 0 aromatic heterocycles. The molecule has 0 fully saturated rings. The molecule has 0 aromatic carbocycles. The van der Waals surface area contributed by atoms with Gasteiger partial charge in [0.25, 0.3) is 0 Å². The zero-order valence-electron chi connectivity index (χ0n) is 14.1. The van der Waals surface area contributed by atoms with Crippen LogP contribution < -0.4 is 131 Å². The minimum Gasteiger partial charge on any atom is -0.477 e. The van der Waals surface area contributed by atoms with E-state index in [2.05, 4.69) is 0 Å². The number of rotatable bonds is 8. The van der Waals surface area contributed by atoms with Gasteiger partial charge < -0.3 is 32.7 Å². The molecule has 0 rings (SSSR count). The summed E-state index contributed by atoms with van der Waals surface area (Å²) >= 11 is 0. The summed E-state index contributed by atoms with van der Waals surface area (Å²) < 4.78 is -1.07. The van der Waals surface area contributed by atoms with E-state index in [1.54, 1.807) is 0 Å². The number of hydrogen-bond donors (Lipinski definition) is 6. The fraction of sp³-hybridized carbons (Fsp3) is 0.500. The Balaban J connectivity index is -0.0000000853. The van der Waals surface area contributed by atoms with Crippen molar-refractivity contribution in [3.8, 4) is 0 Å². The van der Waals surface area contributed by atoms with Gasteiger partial charge >= 0.3 is 142 Å². The molecule has 0 unspecified atom stereocenters. The summed E-state index contributed by atoms with van der Waals surface area (Å²) in [7, 11) is 0. The Labute approximate surface area is 221 Å². The van der Waals surface area contributed by atoms with Gasteiger partial charge in [0.1, 0.15) is 0 Å². The number of carboxylic acid groups (broad SMARTS) is 4. The smallest absolute Gasteiger partial charge is 0.477 e. The van der Waals surface area contributed by atoms with Crippen molar-refractivity contribution in [3.05, 3.63) is 0 Å². The van der Waals surface area contributed by atoms with Gasteiger partial charge in [0.15, 0.2) is 26.2 Å². The van der Waals surface area contributed by atoms with Crippen molar-refractivity contribution >= 4 is 23.9 Å². The fourth-order valence-electron chi connectivity index (χ4n) is 1.48. The Bertz CT molecular complexity index is 302. The number of carboxylic acids is 4. The van der Waals surface area contributed by atoms with E-state index in [1.165, 1.54) is 0 Å². The van der Waals surface area contributed by atoms with Crippen molar-refractivity contribution in [1.29, 1.82) is 0 Å². The van der Waals surface area contributed by atoms with Crippen molar-refractivity contribution in [3.63, 3.8) is 0 Å². The summed E-state index contributed by atoms with van der Waals surface area (Å²) in [6, 6.07) is 0. The predicted molar refractivity (Wildman–Crippen MR) is 60.3 cm³/mol. The molecule has 112 valence electrons. The van der Waals surface area contributed by atoms with Crippen LogP contribution in [-0.4, -0.2) is 75.0 Å². The number of nitrogens with zero attached hydrogens (tertiary/aromatic N) is 1. The van der Waals surface area contributed by atoms with Crippen LogP contribution in [0.1, 0.15) is 0 Å². The molecular weight excluding hydrogens is 358 g/mol. The molecule has 0 aliphatic heterocycles. The quantitative estimate of drug-likeness (QED) is 0.173. The predicted octanol–water partition coefficient (Wildman–Crippen LogP) is -13.5. The summed E-state index contributed by atoms with van der Waals surface area (Å²) in [5.41, 5.74) is 0. The van der Waals surface area contributed by atoms with E-state index in [4.69, 9.17) is 20.4 Å². The molecule has 0 heterocycles. The molecule has 0 bridgehead atoms. The summed E-state index contributed by atoms with van der Waals surface area (Å²) in [5.74, 6) is -5.86. The van der Waals surface area contributed by atoms with Crippen molar-refractivity contribution in [2.45, 2.75) is 0 Å². The normalized spacial score (nSPS) is 8.00. The topological polar surface area (TPSA) is 219 Å². The number of hydrogen-bond acceptors (Lipinski definition) is 6. The van der Waals surface area contributed by atoms with Gasteiger partial charge in [-0.2, -0.15) is 0 Å². The maximum atomic E-state index is 10.6. The molecule has 0 saturated heterocycles. The molecule has 10 N–H and O–H groups in total. The third kappa shape index (κ3) is 23.8. The molecule has 0 atom stereocenters. The van der Waals surface area contributed by atoms with Gasteiger partial charge in [0, 0.05) is 0 Å². The van der Waals surface area contributed by atoms with Gasteiger partial charge in [0.05, 0.1) is 0 Å². The number of quaternary nitrogens is 1. The van der Waals surface area contributed by atoms with Crippen molar-refractivity contribution < 1.29 is 162 Å². The first-order valence-electron chi connectivity index (χ1n) is 4.39.